The van der Waals surface area contributed by atoms with Gasteiger partial charge in [-0.2, -0.15) is 0 Å². The zero-order valence-electron chi connectivity index (χ0n) is 14.2. The molecule has 26 heavy (non-hydrogen) atoms. The summed E-state index contributed by atoms with van der Waals surface area (Å²) in [6.45, 7) is 0. The van der Waals surface area contributed by atoms with Gasteiger partial charge in [-0.25, -0.2) is 0 Å². The zero-order chi connectivity index (χ0) is 18.5. The minimum atomic E-state index is -0.230. The van der Waals surface area contributed by atoms with Gasteiger partial charge in [-0.05, 0) is 45.8 Å². The Labute approximate surface area is 163 Å². The molecule has 1 heterocycles. The van der Waals surface area contributed by atoms with Crippen LogP contribution in [-0.4, -0.2) is 30.3 Å². The van der Waals surface area contributed by atoms with Crippen molar-refractivity contribution in [3.8, 4) is 11.5 Å². The number of ether oxygens (including phenoxy) is 2. The number of aromatic nitrogens is 2. The fraction of sp³-hybridized carbons (Fsp3) is 0.167. The standard InChI is InChI=1S/C18H16BrN3O3S/c1-24-14-8-7-11(9-15(14)25-2)10-16-21-22-18(26-16)20-17(23)12-5-3-4-6-13(12)19/h3-9H,10H2,1-2H3,(H,20,22,23). The number of anilines is 1. The number of hydrogen-bond acceptors (Lipinski definition) is 6. The molecule has 0 fully saturated rings. The van der Waals surface area contributed by atoms with E-state index in [1.807, 2.05) is 36.4 Å². The van der Waals surface area contributed by atoms with Crippen molar-refractivity contribution >= 4 is 38.3 Å². The highest BCUT2D eigenvalue weighted by Crippen LogP contribution is 2.29. The zero-order valence-corrected chi connectivity index (χ0v) is 16.6. The van der Waals surface area contributed by atoms with Crippen LogP contribution >= 0.6 is 27.3 Å². The quantitative estimate of drug-likeness (QED) is 0.631. The maximum atomic E-state index is 12.3. The highest BCUT2D eigenvalue weighted by atomic mass is 79.9. The minimum Gasteiger partial charge on any atom is -0.493 e. The number of benzene rings is 2. The molecule has 8 heteroatoms. The van der Waals surface area contributed by atoms with Crippen LogP contribution in [0.1, 0.15) is 20.9 Å². The molecule has 0 saturated carbocycles. The monoisotopic (exact) mass is 433 g/mol. The van der Waals surface area contributed by atoms with Gasteiger partial charge in [0.15, 0.2) is 11.5 Å². The molecule has 1 N–H and O–H groups in total. The Balaban J connectivity index is 1.70. The van der Waals surface area contributed by atoms with Crippen LogP contribution in [-0.2, 0) is 6.42 Å². The molecular formula is C18H16BrN3O3S. The number of halogens is 1. The average molecular weight is 434 g/mol. The number of carbonyl (C=O) groups excluding carboxylic acids is 1. The Morgan fingerprint density at radius 3 is 2.62 bits per heavy atom. The molecule has 0 aliphatic carbocycles. The smallest absolute Gasteiger partial charge is 0.258 e. The normalized spacial score (nSPS) is 10.4. The molecule has 2 aromatic carbocycles. The lowest BCUT2D eigenvalue weighted by molar-refractivity contribution is 0.102. The highest BCUT2D eigenvalue weighted by molar-refractivity contribution is 9.10. The van der Waals surface area contributed by atoms with Crippen LogP contribution < -0.4 is 14.8 Å². The van der Waals surface area contributed by atoms with Crippen molar-refractivity contribution in [2.45, 2.75) is 6.42 Å². The summed E-state index contributed by atoms with van der Waals surface area (Å²) >= 11 is 4.71. The average Bonchev–Trinajstić information content (AvgIpc) is 3.08. The van der Waals surface area contributed by atoms with Crippen LogP contribution in [0.4, 0.5) is 5.13 Å². The summed E-state index contributed by atoms with van der Waals surface area (Å²) in [5, 5.41) is 12.2. The summed E-state index contributed by atoms with van der Waals surface area (Å²) in [5.74, 6) is 1.11. The van der Waals surface area contributed by atoms with Crippen LogP contribution in [0.15, 0.2) is 46.9 Å². The molecule has 0 radical (unpaired) electrons. The number of carbonyl (C=O) groups is 1. The second kappa shape index (κ2) is 8.29. The third kappa shape index (κ3) is 4.20. The lowest BCUT2D eigenvalue weighted by Crippen LogP contribution is -2.12. The van der Waals surface area contributed by atoms with Crippen molar-refractivity contribution in [2.75, 3.05) is 19.5 Å². The summed E-state index contributed by atoms with van der Waals surface area (Å²) in [4.78, 5) is 12.3. The molecule has 3 aromatic rings. The third-order valence-electron chi connectivity index (χ3n) is 3.61. The van der Waals surface area contributed by atoms with Gasteiger partial charge in [0.25, 0.3) is 5.91 Å². The maximum absolute atomic E-state index is 12.3. The Bertz CT molecular complexity index is 930. The van der Waals surface area contributed by atoms with Gasteiger partial charge in [0.1, 0.15) is 5.01 Å². The Morgan fingerprint density at radius 1 is 1.12 bits per heavy atom. The van der Waals surface area contributed by atoms with E-state index in [1.54, 1.807) is 20.3 Å². The largest absolute Gasteiger partial charge is 0.493 e. The Hall–Kier alpha value is -2.45. The first-order chi connectivity index (χ1) is 12.6. The first-order valence-electron chi connectivity index (χ1n) is 7.70. The van der Waals surface area contributed by atoms with Crippen LogP contribution in [0.3, 0.4) is 0 Å². The molecule has 3 rings (SSSR count). The molecule has 0 atom stereocenters. The summed E-state index contributed by atoms with van der Waals surface area (Å²) < 4.78 is 11.3. The van der Waals surface area contributed by atoms with E-state index in [1.165, 1.54) is 11.3 Å². The number of hydrogen-bond donors (Lipinski definition) is 1. The Morgan fingerprint density at radius 2 is 1.88 bits per heavy atom. The van der Waals surface area contributed by atoms with Gasteiger partial charge >= 0.3 is 0 Å². The van der Waals surface area contributed by atoms with Crippen molar-refractivity contribution in [2.24, 2.45) is 0 Å². The summed E-state index contributed by atoms with van der Waals surface area (Å²) in [5.41, 5.74) is 1.56. The van der Waals surface area contributed by atoms with Crippen LogP contribution in [0.25, 0.3) is 0 Å². The number of nitrogens with zero attached hydrogens (tertiary/aromatic N) is 2. The van der Waals surface area contributed by atoms with E-state index in [0.717, 1.165) is 15.0 Å². The topological polar surface area (TPSA) is 73.3 Å². The molecular weight excluding hydrogens is 418 g/mol. The van der Waals surface area contributed by atoms with Crippen molar-refractivity contribution < 1.29 is 14.3 Å². The van der Waals surface area contributed by atoms with Gasteiger partial charge in [-0.1, -0.05) is 29.5 Å². The molecule has 1 aromatic heterocycles. The van der Waals surface area contributed by atoms with Crippen LogP contribution in [0.2, 0.25) is 0 Å². The van der Waals surface area contributed by atoms with Gasteiger partial charge in [-0.3, -0.25) is 10.1 Å². The molecule has 0 saturated heterocycles. The summed E-state index contributed by atoms with van der Waals surface area (Å²) in [6, 6.07) is 12.9. The van der Waals surface area contributed by atoms with Gasteiger partial charge in [0.2, 0.25) is 5.13 Å². The van der Waals surface area contributed by atoms with Gasteiger partial charge in [0.05, 0.1) is 19.8 Å². The predicted octanol–water partition coefficient (Wildman–Crippen LogP) is 4.16. The SMILES string of the molecule is COc1ccc(Cc2nnc(NC(=O)c3ccccc3Br)s2)cc1OC. The molecule has 0 spiro atoms. The fourth-order valence-corrected chi connectivity index (χ4v) is 3.58. The molecule has 1 amide bonds. The second-order valence-corrected chi connectivity index (χ2v) is 7.22. The molecule has 0 aliphatic heterocycles. The van der Waals surface area contributed by atoms with Crippen LogP contribution in [0, 0.1) is 0 Å². The van der Waals surface area contributed by atoms with E-state index in [9.17, 15) is 4.79 Å². The highest BCUT2D eigenvalue weighted by Gasteiger charge is 2.13. The maximum Gasteiger partial charge on any atom is 0.258 e. The molecule has 0 bridgehead atoms. The van der Waals surface area contributed by atoms with Gasteiger partial charge < -0.3 is 9.47 Å². The van der Waals surface area contributed by atoms with Gasteiger partial charge in [-0.15, -0.1) is 10.2 Å². The van der Waals surface area contributed by atoms with E-state index in [-0.39, 0.29) is 5.91 Å². The minimum absolute atomic E-state index is 0.230. The summed E-state index contributed by atoms with van der Waals surface area (Å²) in [7, 11) is 3.20. The van der Waals surface area contributed by atoms with Crippen molar-refractivity contribution in [3.05, 3.63) is 63.1 Å². The molecule has 0 unspecified atom stereocenters. The van der Waals surface area contributed by atoms with E-state index in [0.29, 0.717) is 28.6 Å². The fourth-order valence-electron chi connectivity index (χ4n) is 2.35. The van der Waals surface area contributed by atoms with Crippen molar-refractivity contribution in [3.63, 3.8) is 0 Å². The molecule has 0 aliphatic rings. The van der Waals surface area contributed by atoms with E-state index < -0.39 is 0 Å². The third-order valence-corrected chi connectivity index (χ3v) is 5.14. The van der Waals surface area contributed by atoms with E-state index in [4.69, 9.17) is 9.47 Å². The number of amides is 1. The summed E-state index contributed by atoms with van der Waals surface area (Å²) in [6.07, 6.45) is 0.586. The van der Waals surface area contributed by atoms with E-state index >= 15 is 0 Å². The van der Waals surface area contributed by atoms with Crippen molar-refractivity contribution in [1.82, 2.24) is 10.2 Å². The van der Waals surface area contributed by atoms with Gasteiger partial charge in [0, 0.05) is 10.9 Å². The Kier molecular flexibility index (Phi) is 5.85. The first kappa shape index (κ1) is 18.3. The molecule has 134 valence electrons. The number of rotatable bonds is 6. The number of methoxy groups -OCH3 is 2. The molecule has 6 nitrogen and oxygen atoms in total. The van der Waals surface area contributed by atoms with E-state index in [2.05, 4.69) is 31.4 Å². The van der Waals surface area contributed by atoms with Crippen LogP contribution in [0.5, 0.6) is 11.5 Å². The second-order valence-electron chi connectivity index (χ2n) is 5.30. The predicted molar refractivity (Wildman–Crippen MR) is 104 cm³/mol. The lowest BCUT2D eigenvalue weighted by Gasteiger charge is -2.08. The lowest BCUT2D eigenvalue weighted by atomic mass is 10.1. The first-order valence-corrected chi connectivity index (χ1v) is 9.31. The number of nitrogens with one attached hydrogen (secondary N) is 1. The van der Waals surface area contributed by atoms with Crippen molar-refractivity contribution in [1.29, 1.82) is 0 Å².